The molecule has 0 aliphatic heterocycles. The third-order valence-electron chi connectivity index (χ3n) is 5.41. The Bertz CT molecular complexity index is 1080. The minimum atomic E-state index is -1.54. The lowest BCUT2D eigenvalue weighted by atomic mass is 10.0. The first kappa shape index (κ1) is 24.9. The van der Waals surface area contributed by atoms with Gasteiger partial charge in [-0.05, 0) is 54.5 Å². The first-order valence-corrected chi connectivity index (χ1v) is 11.5. The second-order valence-electron chi connectivity index (χ2n) is 8.31. The summed E-state index contributed by atoms with van der Waals surface area (Å²) < 4.78 is 20.8. The van der Waals surface area contributed by atoms with Gasteiger partial charge in [0.2, 0.25) is 0 Å². The molecule has 0 spiro atoms. The standard InChI is InChI=1S/C25H28Cl2FN3O2/c1-14(2)24(30)23(22(12-29)33-18-5-3-4-16(10-18)15-6-7-15)25(32)31-13-21(28)19-9-8-17(26)11-20(19)27/h3-5,8-12,14-15,21H,6-7,13,29-30H2,1-2H3,(H,31,32)/b22-12+,24-23+. The van der Waals surface area contributed by atoms with E-state index in [9.17, 15) is 9.18 Å². The van der Waals surface area contributed by atoms with E-state index in [0.29, 0.717) is 16.7 Å². The molecular formula is C25H28Cl2FN3O2. The monoisotopic (exact) mass is 491 g/mol. The summed E-state index contributed by atoms with van der Waals surface area (Å²) in [6.45, 7) is 3.37. The van der Waals surface area contributed by atoms with Gasteiger partial charge in [0.05, 0.1) is 6.54 Å². The second-order valence-corrected chi connectivity index (χ2v) is 9.15. The molecule has 1 unspecified atom stereocenters. The highest BCUT2D eigenvalue weighted by Gasteiger charge is 2.26. The number of amides is 1. The van der Waals surface area contributed by atoms with Crippen molar-refractivity contribution in [2.24, 2.45) is 17.4 Å². The Hall–Kier alpha value is -2.70. The predicted octanol–water partition coefficient (Wildman–Crippen LogP) is 5.75. The summed E-state index contributed by atoms with van der Waals surface area (Å²) in [5, 5.41) is 3.16. The summed E-state index contributed by atoms with van der Waals surface area (Å²) in [4.78, 5) is 13.1. The lowest BCUT2D eigenvalue weighted by molar-refractivity contribution is -0.117. The average Bonchev–Trinajstić information content (AvgIpc) is 3.62. The van der Waals surface area contributed by atoms with Crippen molar-refractivity contribution in [3.05, 3.63) is 86.9 Å². The molecule has 1 saturated carbocycles. The molecular weight excluding hydrogens is 464 g/mol. The summed E-state index contributed by atoms with van der Waals surface area (Å²) in [5.74, 6) is 0.429. The van der Waals surface area contributed by atoms with Gasteiger partial charge in [-0.15, -0.1) is 0 Å². The molecule has 5 N–H and O–H groups in total. The van der Waals surface area contributed by atoms with Crippen molar-refractivity contribution in [1.29, 1.82) is 0 Å². The lowest BCUT2D eigenvalue weighted by Crippen LogP contribution is -2.32. The van der Waals surface area contributed by atoms with Crippen LogP contribution in [-0.2, 0) is 4.79 Å². The van der Waals surface area contributed by atoms with Gasteiger partial charge >= 0.3 is 0 Å². The average molecular weight is 492 g/mol. The lowest BCUT2D eigenvalue weighted by Gasteiger charge is -2.19. The van der Waals surface area contributed by atoms with Gasteiger partial charge in [0.1, 0.15) is 17.5 Å². The summed E-state index contributed by atoms with van der Waals surface area (Å²) in [7, 11) is 0. The summed E-state index contributed by atoms with van der Waals surface area (Å²) in [5.41, 5.74) is 13.8. The number of rotatable bonds is 9. The van der Waals surface area contributed by atoms with Crippen molar-refractivity contribution in [2.75, 3.05) is 6.54 Å². The number of carbonyl (C=O) groups is 1. The number of nitrogens with one attached hydrogen (secondary N) is 1. The largest absolute Gasteiger partial charge is 0.455 e. The smallest absolute Gasteiger partial charge is 0.257 e. The van der Waals surface area contributed by atoms with Crippen LogP contribution in [0.3, 0.4) is 0 Å². The van der Waals surface area contributed by atoms with Crippen molar-refractivity contribution < 1.29 is 13.9 Å². The minimum Gasteiger partial charge on any atom is -0.455 e. The molecule has 1 amide bonds. The molecule has 0 radical (unpaired) electrons. The first-order chi connectivity index (χ1) is 15.7. The van der Waals surface area contributed by atoms with Gasteiger partial charge in [-0.2, -0.15) is 0 Å². The van der Waals surface area contributed by atoms with Crippen LogP contribution >= 0.6 is 23.2 Å². The molecule has 0 aromatic heterocycles. The second kappa shape index (κ2) is 10.9. The molecule has 176 valence electrons. The van der Waals surface area contributed by atoms with Gasteiger partial charge in [0.15, 0.2) is 5.76 Å². The Morgan fingerprint density at radius 2 is 1.97 bits per heavy atom. The van der Waals surface area contributed by atoms with E-state index in [4.69, 9.17) is 39.4 Å². The number of benzene rings is 2. The maximum atomic E-state index is 14.8. The Labute approximate surface area is 203 Å². The highest BCUT2D eigenvalue weighted by molar-refractivity contribution is 6.35. The molecule has 0 saturated heterocycles. The predicted molar refractivity (Wildman–Crippen MR) is 131 cm³/mol. The van der Waals surface area contributed by atoms with Crippen molar-refractivity contribution in [3.63, 3.8) is 0 Å². The normalized spacial score (nSPS) is 15.8. The van der Waals surface area contributed by atoms with Gasteiger partial charge in [0, 0.05) is 27.5 Å². The Morgan fingerprint density at radius 3 is 2.58 bits per heavy atom. The fraction of sp³-hybridized carbons (Fsp3) is 0.320. The van der Waals surface area contributed by atoms with E-state index in [1.54, 1.807) is 6.07 Å². The van der Waals surface area contributed by atoms with E-state index < -0.39 is 12.1 Å². The van der Waals surface area contributed by atoms with Crippen molar-refractivity contribution in [2.45, 2.75) is 38.8 Å². The van der Waals surface area contributed by atoms with E-state index in [1.807, 2.05) is 32.0 Å². The SMILES string of the molecule is CC(C)/C(N)=C(C(=O)NCC(F)c1ccc(Cl)cc1Cl)/C(=C\N)Oc1cccc(C2CC2)c1. The van der Waals surface area contributed by atoms with Gasteiger partial charge < -0.3 is 21.5 Å². The number of allylic oxidation sites excluding steroid dienone is 1. The topological polar surface area (TPSA) is 90.4 Å². The third-order valence-corrected chi connectivity index (χ3v) is 5.97. The highest BCUT2D eigenvalue weighted by Crippen LogP contribution is 2.41. The minimum absolute atomic E-state index is 0.0683. The van der Waals surface area contributed by atoms with Crippen LogP contribution in [-0.4, -0.2) is 12.5 Å². The summed E-state index contributed by atoms with van der Waals surface area (Å²) >= 11 is 12.0. The third kappa shape index (κ3) is 6.42. The van der Waals surface area contributed by atoms with Gasteiger partial charge in [-0.1, -0.05) is 55.2 Å². The number of hydrogen-bond donors (Lipinski definition) is 3. The molecule has 3 rings (SSSR count). The molecule has 8 heteroatoms. The van der Waals surface area contributed by atoms with Crippen LogP contribution < -0.4 is 21.5 Å². The number of hydrogen-bond acceptors (Lipinski definition) is 4. The molecule has 1 aliphatic carbocycles. The quantitative estimate of drug-likeness (QED) is 0.236. The number of ether oxygens (including phenoxy) is 1. The Balaban J connectivity index is 1.79. The van der Waals surface area contributed by atoms with Crippen LogP contribution in [0.15, 0.2) is 65.7 Å². The maximum Gasteiger partial charge on any atom is 0.257 e. The van der Waals surface area contributed by atoms with Crippen molar-refractivity contribution >= 4 is 29.1 Å². The molecule has 0 heterocycles. The maximum absolute atomic E-state index is 14.8. The van der Waals surface area contributed by atoms with E-state index in [0.717, 1.165) is 12.8 Å². The number of nitrogens with two attached hydrogens (primary N) is 2. The summed E-state index contributed by atoms with van der Waals surface area (Å²) in [6.07, 6.45) is 1.95. The van der Waals surface area contributed by atoms with E-state index in [-0.39, 0.29) is 40.1 Å². The zero-order chi connectivity index (χ0) is 24.1. The van der Waals surface area contributed by atoms with Crippen LogP contribution in [0.4, 0.5) is 4.39 Å². The molecule has 0 bridgehead atoms. The molecule has 1 atom stereocenters. The van der Waals surface area contributed by atoms with Gasteiger partial charge in [-0.3, -0.25) is 4.79 Å². The van der Waals surface area contributed by atoms with Crippen LogP contribution in [0.25, 0.3) is 0 Å². The fourth-order valence-corrected chi connectivity index (χ4v) is 3.88. The number of carbonyl (C=O) groups excluding carboxylic acids is 1. The first-order valence-electron chi connectivity index (χ1n) is 10.8. The van der Waals surface area contributed by atoms with Crippen molar-refractivity contribution in [3.8, 4) is 5.75 Å². The van der Waals surface area contributed by atoms with Gasteiger partial charge in [-0.25, -0.2) is 4.39 Å². The molecule has 2 aromatic carbocycles. The Kier molecular flexibility index (Phi) is 8.27. The van der Waals surface area contributed by atoms with E-state index in [2.05, 4.69) is 5.32 Å². The molecule has 5 nitrogen and oxygen atoms in total. The van der Waals surface area contributed by atoms with Crippen LogP contribution in [0, 0.1) is 5.92 Å². The van der Waals surface area contributed by atoms with Crippen LogP contribution in [0.5, 0.6) is 5.75 Å². The zero-order valence-corrected chi connectivity index (χ0v) is 20.1. The zero-order valence-electron chi connectivity index (χ0n) is 18.6. The van der Waals surface area contributed by atoms with Crippen LogP contribution in [0.1, 0.15) is 49.9 Å². The fourth-order valence-electron chi connectivity index (χ4n) is 3.35. The number of halogens is 3. The van der Waals surface area contributed by atoms with Gasteiger partial charge in [0.25, 0.3) is 5.91 Å². The van der Waals surface area contributed by atoms with Crippen LogP contribution in [0.2, 0.25) is 10.0 Å². The molecule has 33 heavy (non-hydrogen) atoms. The molecule has 1 aliphatic rings. The highest BCUT2D eigenvalue weighted by atomic mass is 35.5. The molecule has 2 aromatic rings. The molecule has 1 fully saturated rings. The Morgan fingerprint density at radius 1 is 1.24 bits per heavy atom. The summed E-state index contributed by atoms with van der Waals surface area (Å²) in [6, 6.07) is 12.1. The van der Waals surface area contributed by atoms with Crippen molar-refractivity contribution in [1.82, 2.24) is 5.32 Å². The van der Waals surface area contributed by atoms with E-state index in [1.165, 1.54) is 30.0 Å². The number of alkyl halides is 1. The van der Waals surface area contributed by atoms with E-state index >= 15 is 0 Å².